The molecule has 0 bridgehead atoms. The molecular formula is C22H15F6N5O5S2. The lowest BCUT2D eigenvalue weighted by molar-refractivity contribution is -0.143. The molecule has 212 valence electrons. The van der Waals surface area contributed by atoms with Crippen molar-refractivity contribution in [3.05, 3.63) is 69.8 Å². The first-order valence-corrected chi connectivity index (χ1v) is 13.1. The van der Waals surface area contributed by atoms with Crippen molar-refractivity contribution in [2.75, 3.05) is 6.54 Å². The van der Waals surface area contributed by atoms with Gasteiger partial charge in [0.15, 0.2) is 0 Å². The van der Waals surface area contributed by atoms with Gasteiger partial charge in [0.1, 0.15) is 6.54 Å². The van der Waals surface area contributed by atoms with Crippen molar-refractivity contribution in [1.82, 2.24) is 19.8 Å². The number of H-pyrrole nitrogens is 1. The number of aromatic amines is 1. The third-order valence-corrected chi connectivity index (χ3v) is 7.11. The fraction of sp³-hybridized carbons (Fsp3) is 0.182. The second-order valence-corrected chi connectivity index (χ2v) is 10.6. The number of imide groups is 1. The van der Waals surface area contributed by atoms with E-state index in [0.29, 0.717) is 27.9 Å². The monoisotopic (exact) mass is 607 g/mol. The van der Waals surface area contributed by atoms with Crippen LogP contribution in [0.2, 0.25) is 0 Å². The van der Waals surface area contributed by atoms with E-state index in [4.69, 9.17) is 5.14 Å². The highest BCUT2D eigenvalue weighted by atomic mass is 32.2. The van der Waals surface area contributed by atoms with Crippen LogP contribution in [0.15, 0.2) is 47.5 Å². The number of nitrogens with one attached hydrogen (secondary N) is 2. The molecule has 1 fully saturated rings. The largest absolute Gasteiger partial charge is 0.416 e. The molecule has 0 radical (unpaired) electrons. The van der Waals surface area contributed by atoms with Crippen LogP contribution in [-0.4, -0.2) is 47.1 Å². The van der Waals surface area contributed by atoms with E-state index >= 15 is 0 Å². The molecule has 0 unspecified atom stereocenters. The van der Waals surface area contributed by atoms with Crippen LogP contribution in [0, 0.1) is 0 Å². The average Bonchev–Trinajstić information content (AvgIpc) is 3.39. The van der Waals surface area contributed by atoms with Crippen molar-refractivity contribution in [2.45, 2.75) is 18.8 Å². The van der Waals surface area contributed by atoms with E-state index in [0.717, 1.165) is 0 Å². The molecule has 1 saturated heterocycles. The van der Waals surface area contributed by atoms with Gasteiger partial charge in [0, 0.05) is 5.39 Å². The summed E-state index contributed by atoms with van der Waals surface area (Å²) in [6.07, 6.45) is -9.64. The number of hydrogen-bond donors (Lipinski definition) is 3. The van der Waals surface area contributed by atoms with Crippen LogP contribution >= 0.6 is 11.8 Å². The van der Waals surface area contributed by atoms with Crippen LogP contribution in [0.1, 0.15) is 22.3 Å². The summed E-state index contributed by atoms with van der Waals surface area (Å²) < 4.78 is 105. The number of thioether (sulfide) groups is 1. The minimum absolute atomic E-state index is 0.0461. The Morgan fingerprint density at radius 1 is 1.05 bits per heavy atom. The molecule has 1 aromatic heterocycles. The normalized spacial score (nSPS) is 16.1. The second kappa shape index (κ2) is 10.3. The number of rotatable bonds is 6. The molecule has 0 aliphatic carbocycles. The molecule has 10 nitrogen and oxygen atoms in total. The number of carbonyl (C=O) groups is 3. The van der Waals surface area contributed by atoms with Gasteiger partial charge in [0.25, 0.3) is 27.3 Å². The van der Waals surface area contributed by atoms with Gasteiger partial charge < -0.3 is 0 Å². The molecule has 0 spiro atoms. The molecule has 0 saturated carbocycles. The number of aromatic nitrogens is 2. The van der Waals surface area contributed by atoms with Crippen molar-refractivity contribution in [3.8, 4) is 0 Å². The number of amides is 3. The number of carbonyl (C=O) groups excluding carboxylic acids is 3. The van der Waals surface area contributed by atoms with Gasteiger partial charge in [0.05, 0.1) is 27.7 Å². The molecule has 1 aliphatic heterocycles. The Bertz CT molecular complexity index is 1680. The van der Waals surface area contributed by atoms with Crippen molar-refractivity contribution in [3.63, 3.8) is 0 Å². The number of alkyl halides is 6. The quantitative estimate of drug-likeness (QED) is 0.286. The first kappa shape index (κ1) is 29.1. The molecule has 2 heterocycles. The zero-order valence-electron chi connectivity index (χ0n) is 19.6. The summed E-state index contributed by atoms with van der Waals surface area (Å²) in [7, 11) is -4.52. The van der Waals surface area contributed by atoms with Crippen molar-refractivity contribution in [2.24, 2.45) is 5.14 Å². The maximum Gasteiger partial charge on any atom is 0.416 e. The summed E-state index contributed by atoms with van der Waals surface area (Å²) in [5, 5.41) is 10.6. The number of hydrogen-bond acceptors (Lipinski definition) is 7. The number of benzene rings is 2. The Balaban J connectivity index is 1.84. The predicted octanol–water partition coefficient (Wildman–Crippen LogP) is 3.57. The van der Waals surface area contributed by atoms with E-state index in [1.807, 2.05) is 0 Å². The maximum absolute atomic E-state index is 13.9. The SMILES string of the molecule is NS(=O)(=O)NC(=O)CN1C(=O)S/C(=C(/Cc2ccc(C(F)(F)F)cc2C(F)(F)F)c2ccc3[nH]ncc3c2)C1=O. The van der Waals surface area contributed by atoms with E-state index in [2.05, 4.69) is 10.2 Å². The van der Waals surface area contributed by atoms with Crippen LogP contribution in [-0.2, 0) is 38.6 Å². The van der Waals surface area contributed by atoms with Crippen LogP contribution in [0.25, 0.3) is 16.5 Å². The van der Waals surface area contributed by atoms with E-state index in [9.17, 15) is 49.1 Å². The smallest absolute Gasteiger partial charge is 0.278 e. The van der Waals surface area contributed by atoms with Gasteiger partial charge in [-0.3, -0.25) is 24.4 Å². The zero-order chi connectivity index (χ0) is 29.6. The summed E-state index contributed by atoms with van der Waals surface area (Å²) in [6.45, 7) is -1.08. The van der Waals surface area contributed by atoms with Gasteiger partial charge in [-0.05, 0) is 59.1 Å². The molecule has 0 atom stereocenters. The first-order chi connectivity index (χ1) is 18.4. The Morgan fingerprint density at radius 3 is 2.38 bits per heavy atom. The lowest BCUT2D eigenvalue weighted by Gasteiger charge is -2.18. The standard InChI is InChI=1S/C22H15F6N5O5S2/c23-21(24,25)13-3-1-11(15(7-13)22(26,27)28)6-14(10-2-4-16-12(5-10)8-30-31-16)18-19(35)33(20(36)39-18)9-17(34)32-40(29,37)38/h1-5,7-8H,6,9H2,(H,30,31)(H,32,34)(H2,29,37,38)/b18-14-. The minimum atomic E-state index is -5.21. The fourth-order valence-electron chi connectivity index (χ4n) is 3.86. The second-order valence-electron chi connectivity index (χ2n) is 8.35. The summed E-state index contributed by atoms with van der Waals surface area (Å²) in [4.78, 5) is 37.7. The molecule has 2 aromatic carbocycles. The molecule has 3 amide bonds. The third-order valence-electron chi connectivity index (χ3n) is 5.58. The minimum Gasteiger partial charge on any atom is -0.278 e. The lowest BCUT2D eigenvalue weighted by atomic mass is 9.92. The highest BCUT2D eigenvalue weighted by Gasteiger charge is 2.41. The first-order valence-electron chi connectivity index (χ1n) is 10.7. The van der Waals surface area contributed by atoms with Crippen LogP contribution in [0.5, 0.6) is 0 Å². The van der Waals surface area contributed by atoms with Crippen molar-refractivity contribution in [1.29, 1.82) is 0 Å². The Labute approximate surface area is 224 Å². The Morgan fingerprint density at radius 2 is 1.75 bits per heavy atom. The van der Waals surface area contributed by atoms with Gasteiger partial charge >= 0.3 is 12.4 Å². The van der Waals surface area contributed by atoms with E-state index in [-0.39, 0.29) is 29.0 Å². The average molecular weight is 608 g/mol. The number of nitrogens with zero attached hydrogens (tertiary/aromatic N) is 2. The highest BCUT2D eigenvalue weighted by Crippen LogP contribution is 2.42. The third kappa shape index (κ3) is 6.28. The topological polar surface area (TPSA) is 155 Å². The fourth-order valence-corrected chi connectivity index (χ4v) is 5.18. The van der Waals surface area contributed by atoms with Gasteiger partial charge in [-0.15, -0.1) is 0 Å². The zero-order valence-corrected chi connectivity index (χ0v) is 21.2. The van der Waals surface area contributed by atoms with Gasteiger partial charge in [-0.25, -0.2) is 9.86 Å². The van der Waals surface area contributed by atoms with Gasteiger partial charge in [0.2, 0.25) is 0 Å². The van der Waals surface area contributed by atoms with E-state index in [1.165, 1.54) is 29.1 Å². The summed E-state index contributed by atoms with van der Waals surface area (Å²) >= 11 is 0.264. The summed E-state index contributed by atoms with van der Waals surface area (Å²) in [5.74, 6) is -2.48. The molecule has 3 aromatic rings. The molecule has 4 N–H and O–H groups in total. The molecule has 1 aliphatic rings. The van der Waals surface area contributed by atoms with Gasteiger partial charge in [-0.2, -0.15) is 39.9 Å². The summed E-state index contributed by atoms with van der Waals surface area (Å²) in [6, 6.07) is 5.37. The highest BCUT2D eigenvalue weighted by molar-refractivity contribution is 8.18. The van der Waals surface area contributed by atoms with E-state index in [1.54, 1.807) is 0 Å². The maximum atomic E-state index is 13.9. The number of allylic oxidation sites excluding steroid dienone is 1. The molecule has 40 heavy (non-hydrogen) atoms. The van der Waals surface area contributed by atoms with Crippen molar-refractivity contribution < 1.29 is 49.1 Å². The molecule has 18 heteroatoms. The predicted molar refractivity (Wildman–Crippen MR) is 129 cm³/mol. The Hall–Kier alpha value is -3.90. The van der Waals surface area contributed by atoms with Crippen LogP contribution in [0.3, 0.4) is 0 Å². The number of fused-ring (bicyclic) bond motifs is 1. The number of nitrogens with two attached hydrogens (primary N) is 1. The van der Waals surface area contributed by atoms with Crippen LogP contribution in [0.4, 0.5) is 31.1 Å². The number of halogens is 6. The Kier molecular flexibility index (Phi) is 7.46. The molecular weight excluding hydrogens is 592 g/mol. The molecule has 4 rings (SSSR count). The summed E-state index contributed by atoms with van der Waals surface area (Å²) in [5.41, 5.74) is -3.27. The van der Waals surface area contributed by atoms with E-state index < -0.39 is 74.2 Å². The van der Waals surface area contributed by atoms with Crippen LogP contribution < -0.4 is 9.86 Å². The van der Waals surface area contributed by atoms with Crippen molar-refractivity contribution >= 4 is 55.5 Å². The lowest BCUT2D eigenvalue weighted by Crippen LogP contribution is -2.44. The van der Waals surface area contributed by atoms with Gasteiger partial charge in [-0.1, -0.05) is 12.1 Å².